The topological polar surface area (TPSA) is 121 Å². The summed E-state index contributed by atoms with van der Waals surface area (Å²) >= 11 is 0.738. The van der Waals surface area contributed by atoms with E-state index in [1.165, 1.54) is 26.2 Å². The first-order valence-corrected chi connectivity index (χ1v) is 12.4. The van der Waals surface area contributed by atoms with Gasteiger partial charge >= 0.3 is 0 Å². The van der Waals surface area contributed by atoms with Gasteiger partial charge in [0.25, 0.3) is 5.91 Å². The molecule has 2 aliphatic heterocycles. The lowest BCUT2D eigenvalue weighted by molar-refractivity contribution is -0.114. The first-order valence-electron chi connectivity index (χ1n) is 10.0. The number of amidine groups is 3. The van der Waals surface area contributed by atoms with E-state index in [0.29, 0.717) is 22.6 Å². The van der Waals surface area contributed by atoms with Gasteiger partial charge < -0.3 is 9.47 Å². The van der Waals surface area contributed by atoms with Gasteiger partial charge in [-0.1, -0.05) is 31.2 Å². The first kappa shape index (κ1) is 23.6. The third-order valence-electron chi connectivity index (χ3n) is 4.99. The second kappa shape index (κ2) is 9.39. The number of fused-ring (bicyclic) bond motifs is 1. The zero-order valence-electron chi connectivity index (χ0n) is 18.1. The average Bonchev–Trinajstić information content (AvgIpc) is 3.26. The molecule has 0 unspecified atom stereocenters. The molecule has 0 atom stereocenters. The van der Waals surface area contributed by atoms with Crippen LogP contribution in [0.5, 0.6) is 11.5 Å². The van der Waals surface area contributed by atoms with Crippen LogP contribution >= 0.6 is 11.9 Å². The van der Waals surface area contributed by atoms with E-state index < -0.39 is 15.7 Å². The van der Waals surface area contributed by atoms with Crippen molar-refractivity contribution in [3.05, 3.63) is 65.0 Å². The Bertz CT molecular complexity index is 1390. The molecule has 2 heterocycles. The van der Waals surface area contributed by atoms with Crippen molar-refractivity contribution in [3.8, 4) is 11.5 Å². The summed E-state index contributed by atoms with van der Waals surface area (Å²) in [5, 5.41) is 8.17. The van der Waals surface area contributed by atoms with Crippen LogP contribution < -0.4 is 9.47 Å². The fraction of sp³-hybridized carbons (Fsp3) is 0.182. The SMILES string of the molecule is CCS(=O)(=O)C1=NSC2=NC(=O)/C(=C\c3ccc(OCc4ccccc4F)c(OC)c3)C(=N)N21. The number of nitrogens with zero attached hydrogens (tertiary/aromatic N) is 3. The number of rotatable bonds is 6. The van der Waals surface area contributed by atoms with Crippen LogP contribution in [0.3, 0.4) is 0 Å². The number of benzene rings is 2. The summed E-state index contributed by atoms with van der Waals surface area (Å²) in [5.74, 6) is -0.926. The smallest absolute Gasteiger partial charge is 0.283 e. The highest BCUT2D eigenvalue weighted by molar-refractivity contribution is 8.16. The van der Waals surface area contributed by atoms with E-state index in [-0.39, 0.29) is 39.9 Å². The van der Waals surface area contributed by atoms with Gasteiger partial charge in [-0.25, -0.2) is 17.7 Å². The van der Waals surface area contributed by atoms with Gasteiger partial charge in [-0.15, -0.1) is 0 Å². The van der Waals surface area contributed by atoms with Gasteiger partial charge in [0.1, 0.15) is 18.3 Å². The minimum absolute atomic E-state index is 0.00919. The van der Waals surface area contributed by atoms with Crippen LogP contribution in [0, 0.1) is 11.2 Å². The van der Waals surface area contributed by atoms with Gasteiger partial charge in [0.05, 0.1) is 30.4 Å². The summed E-state index contributed by atoms with van der Waals surface area (Å²) in [7, 11) is -2.30. The second-order valence-electron chi connectivity index (χ2n) is 7.10. The standard InChI is InChI=1S/C22H19FN4O5S2/c1-3-34(29,30)22-26-33-21-25-20(28)15(19(24)27(21)22)10-13-8-9-17(18(11-13)31-2)32-12-14-6-4-5-7-16(14)23/h4-11,24H,3,12H2,1-2H3/b15-10-,24-19?. The zero-order valence-corrected chi connectivity index (χ0v) is 19.7. The highest BCUT2D eigenvalue weighted by Gasteiger charge is 2.42. The Hall–Kier alpha value is -3.51. The number of hydrogen-bond acceptors (Lipinski definition) is 8. The molecule has 176 valence electrons. The van der Waals surface area contributed by atoms with Gasteiger partial charge in [-0.2, -0.15) is 9.39 Å². The molecule has 0 aromatic heterocycles. The predicted octanol–water partition coefficient (Wildman–Crippen LogP) is 3.42. The summed E-state index contributed by atoms with van der Waals surface area (Å²) in [6.07, 6.45) is 1.41. The number of carbonyl (C=O) groups is 1. The molecular formula is C22H19FN4O5S2. The molecule has 0 radical (unpaired) electrons. The Morgan fingerprint density at radius 1 is 1.21 bits per heavy atom. The van der Waals surface area contributed by atoms with E-state index in [0.717, 1.165) is 16.8 Å². The van der Waals surface area contributed by atoms with Crippen LogP contribution in [0.1, 0.15) is 18.1 Å². The predicted molar refractivity (Wildman–Crippen MR) is 128 cm³/mol. The maximum absolute atomic E-state index is 13.9. The molecule has 0 bridgehead atoms. The van der Waals surface area contributed by atoms with Gasteiger partial charge in [0.2, 0.25) is 20.2 Å². The highest BCUT2D eigenvalue weighted by atomic mass is 32.2. The van der Waals surface area contributed by atoms with Crippen molar-refractivity contribution in [2.24, 2.45) is 9.39 Å². The van der Waals surface area contributed by atoms with E-state index in [1.54, 1.807) is 36.4 Å². The maximum Gasteiger partial charge on any atom is 0.283 e. The molecule has 0 fully saturated rings. The van der Waals surface area contributed by atoms with Crippen molar-refractivity contribution in [2.75, 3.05) is 12.9 Å². The number of aliphatic imine (C=N–C) groups is 1. The third kappa shape index (κ3) is 4.46. The fourth-order valence-corrected chi connectivity index (χ4v) is 5.12. The Morgan fingerprint density at radius 3 is 2.68 bits per heavy atom. The van der Waals surface area contributed by atoms with E-state index in [4.69, 9.17) is 14.9 Å². The molecule has 1 amide bonds. The molecule has 0 saturated carbocycles. The molecule has 0 spiro atoms. The molecule has 4 rings (SSSR count). The van der Waals surface area contributed by atoms with Crippen LogP contribution in [-0.4, -0.2) is 48.3 Å². The minimum atomic E-state index is -3.73. The Kier molecular flexibility index (Phi) is 6.53. The maximum atomic E-state index is 13.9. The van der Waals surface area contributed by atoms with Crippen LogP contribution in [-0.2, 0) is 21.2 Å². The van der Waals surface area contributed by atoms with Crippen LogP contribution in [0.4, 0.5) is 4.39 Å². The molecular weight excluding hydrogens is 483 g/mol. The van der Waals surface area contributed by atoms with Gasteiger partial charge in [0.15, 0.2) is 11.5 Å². The summed E-state index contributed by atoms with van der Waals surface area (Å²) < 4.78 is 53.5. The highest BCUT2D eigenvalue weighted by Crippen LogP contribution is 2.33. The molecule has 12 heteroatoms. The molecule has 34 heavy (non-hydrogen) atoms. The van der Waals surface area contributed by atoms with Crippen molar-refractivity contribution in [1.29, 1.82) is 5.41 Å². The molecule has 2 aromatic rings. The van der Waals surface area contributed by atoms with Crippen molar-refractivity contribution >= 4 is 49.9 Å². The lowest BCUT2D eigenvalue weighted by Gasteiger charge is -2.24. The second-order valence-corrected chi connectivity index (χ2v) is 10.0. The third-order valence-corrected chi connectivity index (χ3v) is 7.40. The molecule has 2 aromatic carbocycles. The van der Waals surface area contributed by atoms with Gasteiger partial charge in [0, 0.05) is 5.56 Å². The first-order chi connectivity index (χ1) is 16.2. The Balaban J connectivity index is 1.61. The van der Waals surface area contributed by atoms with Crippen LogP contribution in [0.2, 0.25) is 0 Å². The van der Waals surface area contributed by atoms with Gasteiger partial charge in [-0.05, 0) is 29.8 Å². The summed E-state index contributed by atoms with van der Waals surface area (Å²) in [6.45, 7) is 1.46. The molecule has 0 saturated heterocycles. The molecule has 9 nitrogen and oxygen atoms in total. The lowest BCUT2D eigenvalue weighted by Crippen LogP contribution is -2.45. The van der Waals surface area contributed by atoms with Gasteiger partial charge in [-0.3, -0.25) is 10.2 Å². The number of sulfone groups is 1. The quantitative estimate of drug-likeness (QED) is 0.474. The van der Waals surface area contributed by atoms with Crippen molar-refractivity contribution in [1.82, 2.24) is 4.90 Å². The fourth-order valence-electron chi connectivity index (χ4n) is 3.16. The number of carbonyl (C=O) groups excluding carboxylic acids is 1. The zero-order chi connectivity index (χ0) is 24.5. The monoisotopic (exact) mass is 502 g/mol. The van der Waals surface area contributed by atoms with Crippen molar-refractivity contribution in [3.63, 3.8) is 0 Å². The normalized spacial score (nSPS) is 16.9. The van der Waals surface area contributed by atoms with E-state index in [2.05, 4.69) is 9.39 Å². The summed E-state index contributed by atoms with van der Waals surface area (Å²) in [4.78, 5) is 17.5. The van der Waals surface area contributed by atoms with E-state index in [9.17, 15) is 17.6 Å². The summed E-state index contributed by atoms with van der Waals surface area (Å²) in [6, 6.07) is 11.1. The lowest BCUT2D eigenvalue weighted by atomic mass is 10.1. The molecule has 2 aliphatic rings. The number of methoxy groups -OCH3 is 1. The number of amides is 1. The number of hydrogen-bond donors (Lipinski definition) is 1. The largest absolute Gasteiger partial charge is 0.493 e. The number of halogens is 1. The van der Waals surface area contributed by atoms with Crippen LogP contribution in [0.15, 0.2) is 57.4 Å². The van der Waals surface area contributed by atoms with Crippen LogP contribution in [0.25, 0.3) is 6.08 Å². The average molecular weight is 503 g/mol. The van der Waals surface area contributed by atoms with Crippen molar-refractivity contribution in [2.45, 2.75) is 13.5 Å². The number of ether oxygens (including phenoxy) is 2. The minimum Gasteiger partial charge on any atom is -0.493 e. The summed E-state index contributed by atoms with van der Waals surface area (Å²) in [5.41, 5.74) is 0.770. The van der Waals surface area contributed by atoms with Crippen molar-refractivity contribution < 1.29 is 27.1 Å². The van der Waals surface area contributed by atoms with E-state index >= 15 is 0 Å². The van der Waals surface area contributed by atoms with E-state index in [1.807, 2.05) is 0 Å². The molecule has 0 aliphatic carbocycles. The Labute approximate surface area is 199 Å². The molecule has 1 N–H and O–H groups in total. The Morgan fingerprint density at radius 2 is 1.97 bits per heavy atom. The number of nitrogens with one attached hydrogen (secondary N) is 1.